The third-order valence-corrected chi connectivity index (χ3v) is 5.27. The highest BCUT2D eigenvalue weighted by Crippen LogP contribution is 2.34. The van der Waals surface area contributed by atoms with Crippen LogP contribution in [0.1, 0.15) is 45.6 Å². The number of hydrogen-bond donors (Lipinski definition) is 0. The number of nitrogens with zero attached hydrogens (tertiary/aromatic N) is 5. The van der Waals surface area contributed by atoms with Crippen molar-refractivity contribution in [3.63, 3.8) is 0 Å². The number of rotatable bonds is 1. The SMILES string of the molecule is CC(C)(C)OC(=O)N1C2CCCC1CN(c1nc3c(C(F)(F)F)cccn3n1)C2. The van der Waals surface area contributed by atoms with Gasteiger partial charge < -0.3 is 9.64 Å². The topological polar surface area (TPSA) is 63.0 Å². The molecule has 4 heterocycles. The van der Waals surface area contributed by atoms with E-state index in [1.165, 1.54) is 12.3 Å². The molecule has 2 fully saturated rings. The number of fused-ring (bicyclic) bond motifs is 3. The fraction of sp³-hybridized carbons (Fsp3) is 0.632. The third-order valence-electron chi connectivity index (χ3n) is 5.27. The highest BCUT2D eigenvalue weighted by molar-refractivity contribution is 5.70. The first kappa shape index (κ1) is 19.8. The monoisotopic (exact) mass is 411 g/mol. The lowest BCUT2D eigenvalue weighted by Gasteiger charge is -2.49. The molecule has 0 saturated carbocycles. The molecule has 0 N–H and O–H groups in total. The van der Waals surface area contributed by atoms with Crippen LogP contribution in [0.5, 0.6) is 0 Å². The van der Waals surface area contributed by atoms with Gasteiger partial charge in [0.1, 0.15) is 11.2 Å². The van der Waals surface area contributed by atoms with Gasteiger partial charge in [-0.15, -0.1) is 5.10 Å². The van der Waals surface area contributed by atoms with Crippen molar-refractivity contribution in [2.45, 2.75) is 63.9 Å². The molecular formula is C19H24F3N5O2. The standard InChI is InChI=1S/C19H24F3N5O2/c1-18(2,3)29-17(28)27-12-6-4-7-13(27)11-25(10-12)16-23-15-14(19(20,21)22)8-5-9-26(15)24-16/h5,8-9,12-13H,4,6-7,10-11H2,1-3H3. The summed E-state index contributed by atoms with van der Waals surface area (Å²) in [6.07, 6.45) is -0.758. The Morgan fingerprint density at radius 3 is 2.41 bits per heavy atom. The fourth-order valence-electron chi connectivity index (χ4n) is 4.13. The number of piperidine rings is 1. The van der Waals surface area contributed by atoms with Crippen molar-refractivity contribution in [1.82, 2.24) is 19.5 Å². The molecule has 4 rings (SSSR count). The predicted molar refractivity (Wildman–Crippen MR) is 99.7 cm³/mol. The maximum atomic E-state index is 13.3. The number of anilines is 1. The Balaban J connectivity index is 1.60. The smallest absolute Gasteiger partial charge is 0.420 e. The summed E-state index contributed by atoms with van der Waals surface area (Å²) >= 11 is 0. The quantitative estimate of drug-likeness (QED) is 0.716. The first-order valence-electron chi connectivity index (χ1n) is 9.72. The van der Waals surface area contributed by atoms with Crippen molar-refractivity contribution in [2.75, 3.05) is 18.0 Å². The first-order valence-corrected chi connectivity index (χ1v) is 9.72. The molecule has 2 aromatic rings. The summed E-state index contributed by atoms with van der Waals surface area (Å²) in [6.45, 7) is 6.42. The van der Waals surface area contributed by atoms with Crippen LogP contribution in [0.4, 0.5) is 23.9 Å². The van der Waals surface area contributed by atoms with Gasteiger partial charge in [0, 0.05) is 19.3 Å². The van der Waals surface area contributed by atoms with Crippen LogP contribution in [-0.2, 0) is 10.9 Å². The van der Waals surface area contributed by atoms with Crippen molar-refractivity contribution in [2.24, 2.45) is 0 Å². The molecule has 2 aliphatic rings. The number of amides is 1. The summed E-state index contributed by atoms with van der Waals surface area (Å²) in [6, 6.07) is 2.16. The lowest BCUT2D eigenvalue weighted by atomic mass is 9.92. The lowest BCUT2D eigenvalue weighted by Crippen LogP contribution is -2.63. The van der Waals surface area contributed by atoms with Crippen LogP contribution in [0.15, 0.2) is 18.3 Å². The summed E-state index contributed by atoms with van der Waals surface area (Å²) < 4.78 is 46.6. The second kappa shape index (κ2) is 6.77. The Hall–Kier alpha value is -2.52. The van der Waals surface area contributed by atoms with E-state index in [0.717, 1.165) is 29.8 Å². The van der Waals surface area contributed by atoms with Crippen LogP contribution in [0.2, 0.25) is 0 Å². The molecule has 2 atom stereocenters. The number of hydrogen-bond acceptors (Lipinski definition) is 5. The van der Waals surface area contributed by atoms with Gasteiger partial charge in [-0.05, 0) is 52.2 Å². The Morgan fingerprint density at radius 2 is 1.83 bits per heavy atom. The fourth-order valence-corrected chi connectivity index (χ4v) is 4.13. The molecule has 10 heteroatoms. The van der Waals surface area contributed by atoms with E-state index in [2.05, 4.69) is 10.1 Å². The average Bonchev–Trinajstić information content (AvgIpc) is 3.02. The van der Waals surface area contributed by atoms with Crippen LogP contribution >= 0.6 is 0 Å². The van der Waals surface area contributed by atoms with Crippen molar-refractivity contribution in [1.29, 1.82) is 0 Å². The molecule has 2 bridgehead atoms. The Kier molecular flexibility index (Phi) is 4.62. The second-order valence-corrected chi connectivity index (χ2v) is 8.63. The molecule has 7 nitrogen and oxygen atoms in total. The van der Waals surface area contributed by atoms with Gasteiger partial charge in [0.15, 0.2) is 5.65 Å². The normalized spacial score (nSPS) is 22.8. The molecular weight excluding hydrogens is 387 g/mol. The van der Waals surface area contributed by atoms with E-state index in [1.54, 1.807) is 4.90 Å². The zero-order chi connectivity index (χ0) is 21.0. The van der Waals surface area contributed by atoms with E-state index in [-0.39, 0.29) is 29.8 Å². The number of alkyl halides is 3. The Bertz CT molecular complexity index is 907. The number of piperazine rings is 1. The molecule has 29 heavy (non-hydrogen) atoms. The van der Waals surface area contributed by atoms with E-state index < -0.39 is 17.3 Å². The predicted octanol–water partition coefficient (Wildman–Crippen LogP) is 3.73. The lowest BCUT2D eigenvalue weighted by molar-refractivity contribution is -0.136. The molecule has 2 aliphatic heterocycles. The molecule has 0 aliphatic carbocycles. The Morgan fingerprint density at radius 1 is 1.17 bits per heavy atom. The molecule has 2 saturated heterocycles. The van der Waals surface area contributed by atoms with E-state index in [1.807, 2.05) is 25.7 Å². The molecule has 158 valence electrons. The summed E-state index contributed by atoms with van der Waals surface area (Å²) in [4.78, 5) is 20.5. The molecule has 1 amide bonds. The van der Waals surface area contributed by atoms with Crippen molar-refractivity contribution in [3.8, 4) is 0 Å². The maximum Gasteiger partial charge on any atom is 0.420 e. The third kappa shape index (κ3) is 3.84. The highest BCUT2D eigenvalue weighted by atomic mass is 19.4. The maximum absolute atomic E-state index is 13.3. The summed E-state index contributed by atoms with van der Waals surface area (Å²) in [5.41, 5.74) is -1.61. The highest BCUT2D eigenvalue weighted by Gasteiger charge is 2.43. The minimum absolute atomic E-state index is 0.0777. The summed E-state index contributed by atoms with van der Waals surface area (Å²) in [5.74, 6) is 0.252. The second-order valence-electron chi connectivity index (χ2n) is 8.63. The van der Waals surface area contributed by atoms with Gasteiger partial charge in [0.25, 0.3) is 0 Å². The van der Waals surface area contributed by atoms with Crippen LogP contribution in [-0.4, -0.2) is 56.4 Å². The van der Waals surface area contributed by atoms with Crippen molar-refractivity contribution in [3.05, 3.63) is 23.9 Å². The molecule has 2 aromatic heterocycles. The van der Waals surface area contributed by atoms with Crippen molar-refractivity contribution >= 4 is 17.7 Å². The average molecular weight is 411 g/mol. The van der Waals surface area contributed by atoms with E-state index in [9.17, 15) is 18.0 Å². The van der Waals surface area contributed by atoms with Crippen LogP contribution in [0.25, 0.3) is 5.65 Å². The van der Waals surface area contributed by atoms with Gasteiger partial charge in [-0.25, -0.2) is 9.31 Å². The van der Waals surface area contributed by atoms with Gasteiger partial charge in [0.2, 0.25) is 5.95 Å². The first-order chi connectivity index (χ1) is 13.5. The zero-order valence-electron chi connectivity index (χ0n) is 16.6. The summed E-state index contributed by atoms with van der Waals surface area (Å²) in [5, 5.41) is 4.26. The Labute approximate surface area is 166 Å². The minimum Gasteiger partial charge on any atom is -0.444 e. The molecule has 0 aromatic carbocycles. The minimum atomic E-state index is -4.50. The van der Waals surface area contributed by atoms with E-state index >= 15 is 0 Å². The molecule has 0 spiro atoms. The zero-order valence-corrected chi connectivity index (χ0v) is 16.6. The van der Waals surface area contributed by atoms with Gasteiger partial charge in [-0.1, -0.05) is 0 Å². The molecule has 2 unspecified atom stereocenters. The van der Waals surface area contributed by atoms with Gasteiger partial charge >= 0.3 is 12.3 Å². The van der Waals surface area contributed by atoms with Crippen molar-refractivity contribution < 1.29 is 22.7 Å². The van der Waals surface area contributed by atoms with E-state index in [0.29, 0.717) is 13.1 Å². The number of ether oxygens (including phenoxy) is 1. The van der Waals surface area contributed by atoms with Crippen LogP contribution in [0, 0.1) is 0 Å². The number of carbonyl (C=O) groups is 1. The summed E-state index contributed by atoms with van der Waals surface area (Å²) in [7, 11) is 0. The largest absolute Gasteiger partial charge is 0.444 e. The number of carbonyl (C=O) groups excluding carboxylic acids is 1. The van der Waals surface area contributed by atoms with E-state index in [4.69, 9.17) is 4.74 Å². The van der Waals surface area contributed by atoms with Gasteiger partial charge in [-0.2, -0.15) is 18.2 Å². The molecule has 0 radical (unpaired) electrons. The van der Waals surface area contributed by atoms with Gasteiger partial charge in [0.05, 0.1) is 12.1 Å². The van der Waals surface area contributed by atoms with Gasteiger partial charge in [-0.3, -0.25) is 4.90 Å². The number of halogens is 3. The number of pyridine rings is 1. The van der Waals surface area contributed by atoms with Crippen LogP contribution in [0.3, 0.4) is 0 Å². The van der Waals surface area contributed by atoms with Crippen LogP contribution < -0.4 is 4.90 Å². The number of aromatic nitrogens is 3.